The number of aliphatic hydroxyl groups is 1. The highest BCUT2D eigenvalue weighted by Gasteiger charge is 2.54. The summed E-state index contributed by atoms with van der Waals surface area (Å²) in [5.74, 6) is 3.47. The summed E-state index contributed by atoms with van der Waals surface area (Å²) in [6, 6.07) is 12.1. The highest BCUT2D eigenvalue weighted by Crippen LogP contribution is 2.63. The Morgan fingerprint density at radius 2 is 1.66 bits per heavy atom. The Morgan fingerprint density at radius 3 is 2.22 bits per heavy atom. The van der Waals surface area contributed by atoms with Crippen molar-refractivity contribution in [3.05, 3.63) is 70.3 Å². The van der Waals surface area contributed by atoms with Gasteiger partial charge in [0.15, 0.2) is 0 Å². The van der Waals surface area contributed by atoms with Crippen LogP contribution in [-0.4, -0.2) is 33.3 Å². The van der Waals surface area contributed by atoms with Gasteiger partial charge < -0.3 is 14.3 Å². The van der Waals surface area contributed by atoms with Crippen molar-refractivity contribution < 1.29 is 19.1 Å². The van der Waals surface area contributed by atoms with Crippen molar-refractivity contribution in [2.24, 2.45) is 17.8 Å². The topological polar surface area (TPSA) is 55.8 Å². The Kier molecular flexibility index (Phi) is 8.87. The largest absolute Gasteiger partial charge is 0.542 e. The Bertz CT molecular complexity index is 1250. The second kappa shape index (κ2) is 12.1. The molecule has 0 aromatic heterocycles. The van der Waals surface area contributed by atoms with E-state index in [1.165, 1.54) is 55.4 Å². The van der Waals surface area contributed by atoms with E-state index < -0.39 is 9.04 Å². The van der Waals surface area contributed by atoms with Crippen LogP contribution < -0.4 is 4.43 Å². The molecular weight excluding hydrogens is 524 g/mol. The Hall–Kier alpha value is -2.37. The summed E-state index contributed by atoms with van der Waals surface area (Å²) in [6.07, 6.45) is 12.0. The van der Waals surface area contributed by atoms with Gasteiger partial charge in [0, 0.05) is 11.0 Å². The zero-order chi connectivity index (χ0) is 29.4. The van der Waals surface area contributed by atoms with Crippen LogP contribution in [0.25, 0.3) is 5.57 Å². The van der Waals surface area contributed by atoms with Gasteiger partial charge in [-0.3, -0.25) is 0 Å². The van der Waals surface area contributed by atoms with Gasteiger partial charge in [-0.2, -0.15) is 0 Å². The molecule has 1 radical (unpaired) electrons. The molecule has 4 nitrogen and oxygen atoms in total. The number of esters is 1. The van der Waals surface area contributed by atoms with Crippen LogP contribution in [0.4, 0.5) is 0 Å². The lowest BCUT2D eigenvalue weighted by atomic mass is 9.47. The van der Waals surface area contributed by atoms with Crippen LogP contribution in [-0.2, 0) is 22.0 Å². The van der Waals surface area contributed by atoms with Crippen molar-refractivity contribution in [1.82, 2.24) is 0 Å². The number of carbonyl (C=O) groups is 1. The number of carbonyl (C=O) groups excluding carboxylic acids is 1. The molecule has 6 rings (SSSR count). The van der Waals surface area contributed by atoms with Crippen molar-refractivity contribution in [2.45, 2.75) is 103 Å². The normalized spacial score (nSPS) is 25.6. The molecule has 0 unspecified atom stereocenters. The van der Waals surface area contributed by atoms with E-state index >= 15 is 0 Å². The van der Waals surface area contributed by atoms with E-state index in [0.29, 0.717) is 12.2 Å². The molecule has 0 amide bonds. The Morgan fingerprint density at radius 1 is 1.02 bits per heavy atom. The third-order valence-corrected chi connectivity index (χ3v) is 10.3. The van der Waals surface area contributed by atoms with Gasteiger partial charge >= 0.3 is 5.97 Å². The molecule has 0 spiro atoms. The lowest BCUT2D eigenvalue weighted by molar-refractivity contribution is -0.00662. The molecule has 4 bridgehead atoms. The Balaban J connectivity index is 1.49. The first-order chi connectivity index (χ1) is 19.5. The summed E-state index contributed by atoms with van der Waals surface area (Å²) in [5.41, 5.74) is 6.82. The van der Waals surface area contributed by atoms with E-state index in [1.807, 2.05) is 25.1 Å². The van der Waals surface area contributed by atoms with Crippen molar-refractivity contribution >= 4 is 20.6 Å². The average Bonchev–Trinajstić information content (AvgIpc) is 2.90. The zero-order valence-electron chi connectivity index (χ0n) is 26.0. The molecule has 4 aliphatic carbocycles. The Labute approximate surface area is 249 Å². The van der Waals surface area contributed by atoms with Gasteiger partial charge in [-0.15, -0.1) is 0 Å². The first-order valence-corrected chi connectivity index (χ1v) is 18.2. The van der Waals surface area contributed by atoms with Crippen LogP contribution in [0.3, 0.4) is 0 Å². The molecule has 4 aliphatic rings. The van der Waals surface area contributed by atoms with Crippen molar-refractivity contribution in [2.75, 3.05) is 13.2 Å². The average molecular weight is 574 g/mol. The molecule has 0 atom stereocenters. The summed E-state index contributed by atoms with van der Waals surface area (Å²) in [6.45, 7) is 13.7. The quantitative estimate of drug-likeness (QED) is 0.230. The van der Waals surface area contributed by atoms with E-state index in [4.69, 9.17) is 9.16 Å². The SMILES string of the molecule is CCOC(=O)c1cccc(C(=CCCc2ccc(C(C)(C)C)c(C34CC5CC(CC(C5)C3)C4)c2O[Si](C)C)CO)c1. The zero-order valence-corrected chi connectivity index (χ0v) is 27.0. The fraction of sp³-hybridized carbons (Fsp3) is 0.583. The third kappa shape index (κ3) is 6.36. The van der Waals surface area contributed by atoms with E-state index in [9.17, 15) is 9.90 Å². The van der Waals surface area contributed by atoms with Gasteiger partial charge in [-0.25, -0.2) is 4.79 Å². The number of aliphatic hydroxyl groups excluding tert-OH is 1. The molecule has 1 N–H and O–H groups in total. The van der Waals surface area contributed by atoms with Crippen LogP contribution in [0.15, 0.2) is 42.5 Å². The van der Waals surface area contributed by atoms with Crippen LogP contribution in [0.2, 0.25) is 13.1 Å². The smallest absolute Gasteiger partial charge is 0.338 e. The number of rotatable bonds is 10. The van der Waals surface area contributed by atoms with E-state index in [1.54, 1.807) is 11.6 Å². The summed E-state index contributed by atoms with van der Waals surface area (Å²) in [5, 5.41) is 10.2. The molecule has 4 saturated carbocycles. The van der Waals surface area contributed by atoms with Crippen LogP contribution >= 0.6 is 0 Å². The summed E-state index contributed by atoms with van der Waals surface area (Å²) >= 11 is 0. The molecule has 5 heteroatoms. The predicted octanol–water partition coefficient (Wildman–Crippen LogP) is 8.27. The summed E-state index contributed by atoms with van der Waals surface area (Å²) in [4.78, 5) is 12.3. The first-order valence-electron chi connectivity index (χ1n) is 15.7. The molecule has 4 fully saturated rings. The van der Waals surface area contributed by atoms with E-state index in [-0.39, 0.29) is 23.4 Å². The fourth-order valence-corrected chi connectivity index (χ4v) is 9.09. The number of ether oxygens (including phenoxy) is 1. The van der Waals surface area contributed by atoms with Gasteiger partial charge in [0.1, 0.15) is 5.75 Å². The minimum absolute atomic E-state index is 0.0532. The minimum atomic E-state index is -0.967. The standard InChI is InChI=1S/C36H49O4Si/c1-7-39-34(38)29-12-9-11-28(19-29)30(23-37)13-8-10-27-14-15-31(35(2,3)4)32(33(27)40-41(5)6)36-20-24-16-25(21-36)18-26(17-24)22-36/h9,11-15,19,24-26,37H,7-8,10,16-18,20-23H2,1-6H3. The summed E-state index contributed by atoms with van der Waals surface area (Å²) in [7, 11) is -0.967. The lowest BCUT2D eigenvalue weighted by Gasteiger charge is -2.58. The number of hydrogen-bond acceptors (Lipinski definition) is 4. The number of hydrogen-bond donors (Lipinski definition) is 1. The van der Waals surface area contributed by atoms with Crippen LogP contribution in [0, 0.1) is 17.8 Å². The van der Waals surface area contributed by atoms with E-state index in [2.05, 4.69) is 52.1 Å². The molecule has 0 heterocycles. The van der Waals surface area contributed by atoms with Crippen molar-refractivity contribution in [3.63, 3.8) is 0 Å². The summed E-state index contributed by atoms with van der Waals surface area (Å²) < 4.78 is 12.1. The van der Waals surface area contributed by atoms with Gasteiger partial charge in [-0.1, -0.05) is 51.1 Å². The predicted molar refractivity (Wildman–Crippen MR) is 169 cm³/mol. The van der Waals surface area contributed by atoms with Crippen molar-refractivity contribution in [3.8, 4) is 5.75 Å². The second-order valence-electron chi connectivity index (χ2n) is 14.2. The second-order valence-corrected chi connectivity index (χ2v) is 16.2. The third-order valence-electron chi connectivity index (χ3n) is 9.64. The van der Waals surface area contributed by atoms with Gasteiger partial charge in [0.05, 0.1) is 18.8 Å². The maximum atomic E-state index is 12.3. The molecule has 221 valence electrons. The molecule has 0 saturated heterocycles. The fourth-order valence-electron chi connectivity index (χ4n) is 8.45. The maximum Gasteiger partial charge on any atom is 0.338 e. The number of benzene rings is 2. The highest BCUT2D eigenvalue weighted by atomic mass is 28.3. The molecule has 2 aromatic carbocycles. The first kappa shape index (κ1) is 30.1. The van der Waals surface area contributed by atoms with Gasteiger partial charge in [-0.05, 0) is 129 Å². The lowest BCUT2D eigenvalue weighted by Crippen LogP contribution is -2.49. The molecular formula is C36H49O4Si. The molecule has 0 aliphatic heterocycles. The van der Waals surface area contributed by atoms with Gasteiger partial charge in [0.2, 0.25) is 0 Å². The monoisotopic (exact) mass is 573 g/mol. The van der Waals surface area contributed by atoms with Crippen LogP contribution in [0.1, 0.15) is 105 Å². The van der Waals surface area contributed by atoms with E-state index in [0.717, 1.165) is 41.7 Å². The number of aryl methyl sites for hydroxylation is 1. The maximum absolute atomic E-state index is 12.3. The molecule has 41 heavy (non-hydrogen) atoms. The number of allylic oxidation sites excluding steroid dienone is 1. The minimum Gasteiger partial charge on any atom is -0.542 e. The van der Waals surface area contributed by atoms with Crippen molar-refractivity contribution in [1.29, 1.82) is 0 Å². The van der Waals surface area contributed by atoms with Gasteiger partial charge in [0.25, 0.3) is 9.04 Å². The highest BCUT2D eigenvalue weighted by molar-refractivity contribution is 6.49. The van der Waals surface area contributed by atoms with Crippen LogP contribution in [0.5, 0.6) is 5.75 Å². The molecule has 2 aromatic rings.